The van der Waals surface area contributed by atoms with E-state index in [2.05, 4.69) is 23.0 Å². The second-order valence-electron chi connectivity index (χ2n) is 6.68. The molecular weight excluding hydrogens is 336 g/mol. The summed E-state index contributed by atoms with van der Waals surface area (Å²) in [5.74, 6) is -1.81. The van der Waals surface area contributed by atoms with Crippen molar-refractivity contribution in [3.8, 4) is 0 Å². The van der Waals surface area contributed by atoms with Crippen LogP contribution in [0.2, 0.25) is 0 Å². The normalized spacial score (nSPS) is 19.5. The van der Waals surface area contributed by atoms with Gasteiger partial charge in [-0.1, -0.05) is 30.3 Å². The predicted molar refractivity (Wildman–Crippen MR) is 96.4 cm³/mol. The summed E-state index contributed by atoms with van der Waals surface area (Å²) in [6, 6.07) is 13.8. The molecule has 0 aliphatic carbocycles. The Balaban J connectivity index is 1.46. The van der Waals surface area contributed by atoms with Gasteiger partial charge in [-0.25, -0.2) is 8.78 Å². The number of benzene rings is 2. The van der Waals surface area contributed by atoms with Crippen LogP contribution >= 0.6 is 0 Å². The second kappa shape index (κ2) is 8.38. The summed E-state index contributed by atoms with van der Waals surface area (Å²) in [6.07, 6.45) is 2.64. The first-order valence-electron chi connectivity index (χ1n) is 8.81. The van der Waals surface area contributed by atoms with Crippen LogP contribution in [0.15, 0.2) is 48.5 Å². The first-order valence-corrected chi connectivity index (χ1v) is 8.81. The summed E-state index contributed by atoms with van der Waals surface area (Å²) >= 11 is 0. The SMILES string of the molecule is CN(CCCC1CC(c2ccccc2)NN1)C(=O)c1cc(F)ccc1F. The lowest BCUT2D eigenvalue weighted by Gasteiger charge is -2.18. The third kappa shape index (κ3) is 4.45. The van der Waals surface area contributed by atoms with Gasteiger partial charge in [-0.3, -0.25) is 15.6 Å². The average Bonchev–Trinajstić information content (AvgIpc) is 3.12. The molecule has 1 fully saturated rings. The fraction of sp³-hybridized carbons (Fsp3) is 0.350. The van der Waals surface area contributed by atoms with Gasteiger partial charge in [0.2, 0.25) is 0 Å². The largest absolute Gasteiger partial charge is 0.342 e. The molecule has 2 atom stereocenters. The highest BCUT2D eigenvalue weighted by Crippen LogP contribution is 2.24. The first-order chi connectivity index (χ1) is 12.5. The molecule has 0 aromatic heterocycles. The van der Waals surface area contributed by atoms with E-state index < -0.39 is 17.5 Å². The van der Waals surface area contributed by atoms with E-state index in [9.17, 15) is 13.6 Å². The van der Waals surface area contributed by atoms with Crippen molar-refractivity contribution in [2.24, 2.45) is 0 Å². The van der Waals surface area contributed by atoms with Crippen molar-refractivity contribution in [3.63, 3.8) is 0 Å². The fourth-order valence-electron chi connectivity index (χ4n) is 3.26. The number of rotatable bonds is 6. The van der Waals surface area contributed by atoms with Crippen molar-refractivity contribution < 1.29 is 13.6 Å². The van der Waals surface area contributed by atoms with Gasteiger partial charge in [0.05, 0.1) is 5.56 Å². The Morgan fingerprint density at radius 3 is 2.69 bits per heavy atom. The minimum absolute atomic E-state index is 0.225. The summed E-state index contributed by atoms with van der Waals surface area (Å²) < 4.78 is 27.0. The number of hydrazine groups is 1. The second-order valence-corrected chi connectivity index (χ2v) is 6.68. The van der Waals surface area contributed by atoms with E-state index in [0.717, 1.165) is 37.5 Å². The Kier molecular flexibility index (Phi) is 5.96. The molecule has 2 N–H and O–H groups in total. The minimum Gasteiger partial charge on any atom is -0.342 e. The lowest BCUT2D eigenvalue weighted by molar-refractivity contribution is 0.0786. The Bertz CT molecular complexity index is 754. The van der Waals surface area contributed by atoms with Crippen LogP contribution in [-0.2, 0) is 0 Å². The molecule has 2 unspecified atom stereocenters. The van der Waals surface area contributed by atoms with E-state index in [-0.39, 0.29) is 11.6 Å². The van der Waals surface area contributed by atoms with Crippen LogP contribution < -0.4 is 10.9 Å². The highest BCUT2D eigenvalue weighted by atomic mass is 19.1. The highest BCUT2D eigenvalue weighted by Gasteiger charge is 2.24. The first kappa shape index (κ1) is 18.5. The third-order valence-corrected chi connectivity index (χ3v) is 4.74. The van der Waals surface area contributed by atoms with Gasteiger partial charge in [0.1, 0.15) is 11.6 Å². The monoisotopic (exact) mass is 359 g/mol. The van der Waals surface area contributed by atoms with Crippen molar-refractivity contribution in [2.45, 2.75) is 31.3 Å². The van der Waals surface area contributed by atoms with Crippen LogP contribution in [0, 0.1) is 11.6 Å². The molecule has 1 heterocycles. The van der Waals surface area contributed by atoms with Crippen LogP contribution in [-0.4, -0.2) is 30.4 Å². The van der Waals surface area contributed by atoms with Crippen LogP contribution in [0.3, 0.4) is 0 Å². The van der Waals surface area contributed by atoms with Gasteiger partial charge in [-0.15, -0.1) is 0 Å². The van der Waals surface area contributed by atoms with Gasteiger partial charge in [-0.05, 0) is 43.0 Å². The molecule has 0 bridgehead atoms. The number of halogens is 2. The van der Waals surface area contributed by atoms with Crippen LogP contribution in [0.25, 0.3) is 0 Å². The Labute approximate surface area is 152 Å². The van der Waals surface area contributed by atoms with Gasteiger partial charge in [0, 0.05) is 25.7 Å². The maximum atomic E-state index is 13.7. The molecule has 1 aliphatic rings. The Hall–Kier alpha value is -2.31. The molecule has 6 heteroatoms. The zero-order valence-electron chi connectivity index (χ0n) is 14.7. The molecule has 1 saturated heterocycles. The van der Waals surface area contributed by atoms with Gasteiger partial charge >= 0.3 is 0 Å². The quantitative estimate of drug-likeness (QED) is 0.831. The molecule has 1 aliphatic heterocycles. The number of nitrogens with one attached hydrogen (secondary N) is 2. The van der Waals surface area contributed by atoms with Crippen LogP contribution in [0.1, 0.15) is 41.2 Å². The Morgan fingerprint density at radius 1 is 1.15 bits per heavy atom. The van der Waals surface area contributed by atoms with E-state index in [1.807, 2.05) is 18.2 Å². The standard InChI is InChI=1S/C20H23F2N3O/c1-25(20(26)17-12-15(21)9-10-18(17)22)11-5-8-16-13-19(24-23-16)14-6-3-2-4-7-14/h2-4,6-7,9-10,12,16,19,23-24H,5,8,11,13H2,1H3. The van der Waals surface area contributed by atoms with Gasteiger partial charge in [-0.2, -0.15) is 0 Å². The third-order valence-electron chi connectivity index (χ3n) is 4.74. The minimum atomic E-state index is -0.699. The molecule has 2 aromatic carbocycles. The fourth-order valence-corrected chi connectivity index (χ4v) is 3.26. The topological polar surface area (TPSA) is 44.4 Å². The van der Waals surface area contributed by atoms with E-state index in [1.54, 1.807) is 7.05 Å². The lowest BCUT2D eigenvalue weighted by atomic mass is 10.00. The molecular formula is C20H23F2N3O. The molecule has 138 valence electrons. The predicted octanol–water partition coefficient (Wildman–Crippen LogP) is 3.42. The molecule has 4 nitrogen and oxygen atoms in total. The van der Waals surface area contributed by atoms with Crippen molar-refractivity contribution in [2.75, 3.05) is 13.6 Å². The molecule has 2 aromatic rings. The molecule has 0 saturated carbocycles. The van der Waals surface area contributed by atoms with Crippen molar-refractivity contribution >= 4 is 5.91 Å². The summed E-state index contributed by atoms with van der Waals surface area (Å²) in [5, 5.41) is 0. The maximum Gasteiger partial charge on any atom is 0.256 e. The van der Waals surface area contributed by atoms with Crippen molar-refractivity contribution in [1.82, 2.24) is 15.8 Å². The van der Waals surface area contributed by atoms with Gasteiger partial charge in [0.15, 0.2) is 0 Å². The number of carbonyl (C=O) groups is 1. The average molecular weight is 359 g/mol. The molecule has 26 heavy (non-hydrogen) atoms. The van der Waals surface area contributed by atoms with Crippen molar-refractivity contribution in [3.05, 3.63) is 71.3 Å². The molecule has 3 rings (SSSR count). The number of nitrogens with zero attached hydrogens (tertiary/aromatic N) is 1. The van der Waals surface area contributed by atoms with E-state index in [4.69, 9.17) is 0 Å². The number of carbonyl (C=O) groups excluding carboxylic acids is 1. The summed E-state index contributed by atoms with van der Waals surface area (Å²) in [5.41, 5.74) is 7.62. The summed E-state index contributed by atoms with van der Waals surface area (Å²) in [7, 11) is 1.61. The zero-order chi connectivity index (χ0) is 18.5. The van der Waals surface area contributed by atoms with E-state index in [1.165, 1.54) is 10.5 Å². The highest BCUT2D eigenvalue weighted by molar-refractivity contribution is 5.94. The zero-order valence-corrected chi connectivity index (χ0v) is 14.7. The van der Waals surface area contributed by atoms with Crippen LogP contribution in [0.4, 0.5) is 8.78 Å². The lowest BCUT2D eigenvalue weighted by Crippen LogP contribution is -2.32. The number of hydrogen-bond donors (Lipinski definition) is 2. The van der Waals surface area contributed by atoms with Crippen molar-refractivity contribution in [1.29, 1.82) is 0 Å². The Morgan fingerprint density at radius 2 is 1.92 bits per heavy atom. The smallest absolute Gasteiger partial charge is 0.256 e. The summed E-state index contributed by atoms with van der Waals surface area (Å²) in [4.78, 5) is 13.7. The molecule has 0 radical (unpaired) electrons. The van der Waals surface area contributed by atoms with E-state index in [0.29, 0.717) is 12.6 Å². The summed E-state index contributed by atoms with van der Waals surface area (Å²) in [6.45, 7) is 0.489. The van der Waals surface area contributed by atoms with Crippen LogP contribution in [0.5, 0.6) is 0 Å². The number of hydrogen-bond acceptors (Lipinski definition) is 3. The molecule has 0 spiro atoms. The molecule has 1 amide bonds. The van der Waals surface area contributed by atoms with Gasteiger partial charge < -0.3 is 4.90 Å². The number of amides is 1. The van der Waals surface area contributed by atoms with E-state index >= 15 is 0 Å². The maximum absolute atomic E-state index is 13.7. The van der Waals surface area contributed by atoms with Gasteiger partial charge in [0.25, 0.3) is 5.91 Å².